The number of halogens is 4. The molecule has 2 aromatic carbocycles. The van der Waals surface area contributed by atoms with E-state index in [2.05, 4.69) is 0 Å². The first-order valence-corrected chi connectivity index (χ1v) is 8.79. The summed E-state index contributed by atoms with van der Waals surface area (Å²) in [5.41, 5.74) is -1.20. The van der Waals surface area contributed by atoms with Crippen LogP contribution in [0.2, 0.25) is 0 Å². The van der Waals surface area contributed by atoms with Crippen LogP contribution in [-0.2, 0) is 21.6 Å². The van der Waals surface area contributed by atoms with E-state index in [-0.39, 0.29) is 10.3 Å². The lowest BCUT2D eigenvalue weighted by Crippen LogP contribution is -2.16. The second-order valence-electron chi connectivity index (χ2n) is 6.57. The number of rotatable bonds is 3. The van der Waals surface area contributed by atoms with Crippen LogP contribution in [0.1, 0.15) is 31.9 Å². The highest BCUT2D eigenvalue weighted by Gasteiger charge is 2.31. The average Bonchev–Trinajstić information content (AvgIpc) is 2.47. The summed E-state index contributed by atoms with van der Waals surface area (Å²) in [6.45, 7) is 5.85. The zero-order valence-corrected chi connectivity index (χ0v) is 14.6. The Bertz CT molecular complexity index is 867. The van der Waals surface area contributed by atoms with Gasteiger partial charge in [-0.1, -0.05) is 32.9 Å². The van der Waals surface area contributed by atoms with Crippen molar-refractivity contribution in [3.05, 3.63) is 59.4 Å². The van der Waals surface area contributed by atoms with Gasteiger partial charge in [-0.15, -0.1) is 0 Å². The molecule has 0 spiro atoms. The van der Waals surface area contributed by atoms with Gasteiger partial charge in [0, 0.05) is 0 Å². The Labute approximate surface area is 143 Å². The van der Waals surface area contributed by atoms with E-state index in [4.69, 9.17) is 0 Å². The molecule has 2 aromatic rings. The molecule has 0 aromatic heterocycles. The van der Waals surface area contributed by atoms with Crippen LogP contribution in [0.25, 0.3) is 0 Å². The van der Waals surface area contributed by atoms with E-state index in [1.165, 1.54) is 12.1 Å². The molecular weight excluding hydrogens is 358 g/mol. The van der Waals surface area contributed by atoms with E-state index >= 15 is 0 Å². The summed E-state index contributed by atoms with van der Waals surface area (Å²) >= 11 is 0. The molecule has 0 saturated carbocycles. The molecule has 0 aliphatic carbocycles. The van der Waals surface area contributed by atoms with Crippen molar-refractivity contribution >= 4 is 15.7 Å². The summed E-state index contributed by atoms with van der Waals surface area (Å²) < 4.78 is 78.4. The molecule has 0 aliphatic heterocycles. The molecule has 0 fully saturated rings. The van der Waals surface area contributed by atoms with Crippen LogP contribution < -0.4 is 4.72 Å². The number of anilines is 1. The van der Waals surface area contributed by atoms with Crippen molar-refractivity contribution < 1.29 is 26.0 Å². The van der Waals surface area contributed by atoms with Crippen LogP contribution in [0, 0.1) is 5.82 Å². The molecule has 25 heavy (non-hydrogen) atoms. The van der Waals surface area contributed by atoms with Crippen LogP contribution in [0.5, 0.6) is 0 Å². The van der Waals surface area contributed by atoms with E-state index in [0.717, 1.165) is 5.56 Å². The van der Waals surface area contributed by atoms with Crippen LogP contribution in [0.3, 0.4) is 0 Å². The van der Waals surface area contributed by atoms with Gasteiger partial charge in [0.2, 0.25) is 0 Å². The molecule has 0 radical (unpaired) electrons. The zero-order chi connectivity index (χ0) is 19.0. The Kier molecular flexibility index (Phi) is 4.87. The third kappa shape index (κ3) is 4.50. The van der Waals surface area contributed by atoms with Gasteiger partial charge in [-0.05, 0) is 41.3 Å². The van der Waals surface area contributed by atoms with Crippen LogP contribution >= 0.6 is 0 Å². The number of sulfonamides is 1. The lowest BCUT2D eigenvalue weighted by atomic mass is 9.87. The Morgan fingerprint density at radius 2 is 1.40 bits per heavy atom. The summed E-state index contributed by atoms with van der Waals surface area (Å²) in [5, 5.41) is 0. The molecule has 0 unspecified atom stereocenters. The summed E-state index contributed by atoms with van der Waals surface area (Å²) in [5.74, 6) is -1.09. The number of benzene rings is 2. The van der Waals surface area contributed by atoms with Crippen molar-refractivity contribution in [2.45, 2.75) is 37.3 Å². The highest BCUT2D eigenvalue weighted by Crippen LogP contribution is 2.32. The van der Waals surface area contributed by atoms with Crippen molar-refractivity contribution in [2.75, 3.05) is 4.72 Å². The van der Waals surface area contributed by atoms with Gasteiger partial charge in [0.15, 0.2) is 0 Å². The van der Waals surface area contributed by atoms with Crippen LogP contribution in [0.15, 0.2) is 47.4 Å². The van der Waals surface area contributed by atoms with Crippen molar-refractivity contribution in [3.8, 4) is 0 Å². The largest absolute Gasteiger partial charge is 0.416 e. The second kappa shape index (κ2) is 6.33. The molecule has 0 atom stereocenters. The maximum Gasteiger partial charge on any atom is 0.416 e. The number of nitrogens with one attached hydrogen (secondary N) is 1. The molecule has 0 saturated heterocycles. The standard InChI is InChI=1S/C17H17F4NO2S/c1-16(2,3)11-4-7-13(8-5-11)25(23,24)22-15-10-12(17(19,20)21)6-9-14(15)18/h4-10,22H,1-3H3. The first-order valence-electron chi connectivity index (χ1n) is 7.31. The smallest absolute Gasteiger partial charge is 0.277 e. The third-order valence-corrected chi connectivity index (χ3v) is 4.95. The molecule has 0 bridgehead atoms. The fourth-order valence-electron chi connectivity index (χ4n) is 2.12. The van der Waals surface area contributed by atoms with Crippen LogP contribution in [0.4, 0.5) is 23.2 Å². The maximum atomic E-state index is 13.7. The SMILES string of the molecule is CC(C)(C)c1ccc(S(=O)(=O)Nc2cc(C(F)(F)F)ccc2F)cc1. The quantitative estimate of drug-likeness (QED) is 0.772. The summed E-state index contributed by atoms with van der Waals surface area (Å²) in [4.78, 5) is -0.169. The zero-order valence-electron chi connectivity index (χ0n) is 13.8. The first kappa shape index (κ1) is 19.2. The van der Waals surface area contributed by atoms with E-state index in [9.17, 15) is 26.0 Å². The first-order chi connectivity index (χ1) is 11.3. The Hall–Kier alpha value is -2.09. The van der Waals surface area contributed by atoms with Crippen molar-refractivity contribution in [1.29, 1.82) is 0 Å². The lowest BCUT2D eigenvalue weighted by Gasteiger charge is -2.19. The van der Waals surface area contributed by atoms with E-state index in [0.29, 0.717) is 18.2 Å². The lowest BCUT2D eigenvalue weighted by molar-refractivity contribution is -0.137. The fraction of sp³-hybridized carbons (Fsp3) is 0.294. The molecule has 2 rings (SSSR count). The average molecular weight is 375 g/mol. The summed E-state index contributed by atoms with van der Waals surface area (Å²) in [6, 6.07) is 7.42. The van der Waals surface area contributed by atoms with Crippen molar-refractivity contribution in [2.24, 2.45) is 0 Å². The molecule has 3 nitrogen and oxygen atoms in total. The molecule has 136 valence electrons. The van der Waals surface area contributed by atoms with Crippen molar-refractivity contribution in [1.82, 2.24) is 0 Å². The van der Waals surface area contributed by atoms with Gasteiger partial charge in [0.25, 0.3) is 10.0 Å². The van der Waals surface area contributed by atoms with Crippen molar-refractivity contribution in [3.63, 3.8) is 0 Å². The second-order valence-corrected chi connectivity index (χ2v) is 8.25. The molecular formula is C17H17F4NO2S. The molecule has 8 heteroatoms. The summed E-state index contributed by atoms with van der Waals surface area (Å²) in [7, 11) is -4.22. The van der Waals surface area contributed by atoms with Gasteiger partial charge in [0.1, 0.15) is 5.82 Å². The highest BCUT2D eigenvalue weighted by molar-refractivity contribution is 7.92. The highest BCUT2D eigenvalue weighted by atomic mass is 32.2. The maximum absolute atomic E-state index is 13.7. The fourth-order valence-corrected chi connectivity index (χ4v) is 3.18. The van der Waals surface area contributed by atoms with Gasteiger partial charge in [-0.2, -0.15) is 13.2 Å². The summed E-state index contributed by atoms with van der Waals surface area (Å²) in [6.07, 6.45) is -4.71. The topological polar surface area (TPSA) is 46.2 Å². The molecule has 0 amide bonds. The number of hydrogen-bond acceptors (Lipinski definition) is 2. The van der Waals surface area contributed by atoms with Gasteiger partial charge in [-0.3, -0.25) is 4.72 Å². The minimum atomic E-state index is -4.71. The Morgan fingerprint density at radius 1 is 0.880 bits per heavy atom. The number of hydrogen-bond donors (Lipinski definition) is 1. The Balaban J connectivity index is 2.36. The monoisotopic (exact) mass is 375 g/mol. The molecule has 1 N–H and O–H groups in total. The van der Waals surface area contributed by atoms with E-state index < -0.39 is 33.3 Å². The third-order valence-electron chi connectivity index (χ3n) is 3.57. The predicted molar refractivity (Wildman–Crippen MR) is 87.4 cm³/mol. The van der Waals surface area contributed by atoms with Gasteiger partial charge in [-0.25, -0.2) is 12.8 Å². The minimum absolute atomic E-state index is 0.169. The van der Waals surface area contributed by atoms with Gasteiger partial charge in [0.05, 0.1) is 16.1 Å². The van der Waals surface area contributed by atoms with E-state index in [1.54, 1.807) is 12.1 Å². The predicted octanol–water partition coefficient (Wildman–Crippen LogP) is 4.94. The van der Waals surface area contributed by atoms with Gasteiger partial charge < -0.3 is 0 Å². The minimum Gasteiger partial charge on any atom is -0.277 e. The van der Waals surface area contributed by atoms with E-state index in [1.807, 2.05) is 25.5 Å². The van der Waals surface area contributed by atoms with Gasteiger partial charge >= 0.3 is 6.18 Å². The van der Waals surface area contributed by atoms with Crippen LogP contribution in [-0.4, -0.2) is 8.42 Å². The number of alkyl halides is 3. The Morgan fingerprint density at radius 3 is 1.88 bits per heavy atom. The normalized spacial score (nSPS) is 12.9. The molecule has 0 aliphatic rings. The molecule has 0 heterocycles.